The maximum absolute atomic E-state index is 12.8. The topological polar surface area (TPSA) is 67.8 Å². The van der Waals surface area contributed by atoms with Crippen LogP contribution in [0.1, 0.15) is 36.5 Å². The van der Waals surface area contributed by atoms with Crippen molar-refractivity contribution in [3.8, 4) is 11.6 Å². The number of likely N-dealkylation sites (tertiary alicyclic amines) is 1. The molecule has 1 fully saturated rings. The summed E-state index contributed by atoms with van der Waals surface area (Å²) in [4.78, 5) is 25.0. The Morgan fingerprint density at radius 2 is 2.04 bits per heavy atom. The summed E-state index contributed by atoms with van der Waals surface area (Å²) in [7, 11) is 3.81. The van der Waals surface area contributed by atoms with Gasteiger partial charge in [-0.05, 0) is 30.7 Å². The number of hydrogen-bond acceptors (Lipinski definition) is 6. The molecule has 0 aliphatic carbocycles. The quantitative estimate of drug-likeness (QED) is 0.652. The van der Waals surface area contributed by atoms with Crippen LogP contribution in [0.5, 0.6) is 11.6 Å². The van der Waals surface area contributed by atoms with Gasteiger partial charge in [0.05, 0.1) is 25.5 Å². The predicted octanol–water partition coefficient (Wildman–Crippen LogP) is 3.02. The number of unbranched alkanes of at least 4 members (excludes halogenated alkanes) is 1. The summed E-state index contributed by atoms with van der Waals surface area (Å²) < 4.78 is 11.6. The summed E-state index contributed by atoms with van der Waals surface area (Å²) >= 11 is 0. The van der Waals surface area contributed by atoms with Gasteiger partial charge < -0.3 is 19.3 Å². The number of amides is 1. The fourth-order valence-corrected chi connectivity index (χ4v) is 3.00. The number of ether oxygens (including phenoxy) is 2. The molecule has 1 aliphatic rings. The summed E-state index contributed by atoms with van der Waals surface area (Å²) in [5.74, 6) is 2.04. The normalized spacial score (nSPS) is 16.1. The minimum Gasteiger partial charge on any atom is -0.494 e. The third kappa shape index (κ3) is 5.12. The first-order chi connectivity index (χ1) is 13.6. The molecule has 2 heterocycles. The lowest BCUT2D eigenvalue weighted by atomic mass is 10.2. The van der Waals surface area contributed by atoms with Crippen LogP contribution in [0.3, 0.4) is 0 Å². The molecule has 1 atom stereocenters. The highest BCUT2D eigenvalue weighted by molar-refractivity contribution is 5.94. The summed E-state index contributed by atoms with van der Waals surface area (Å²) in [5, 5.41) is 0. The Kier molecular flexibility index (Phi) is 6.68. The monoisotopic (exact) mass is 384 g/mol. The first kappa shape index (κ1) is 19.9. The molecular formula is C21H28N4O3. The first-order valence-corrected chi connectivity index (χ1v) is 9.75. The molecule has 0 saturated carbocycles. The SMILES string of the molecule is CCCCOc1ccc(C(=O)N2CCC(Oc3cncc(N(C)C)n3)C2)cc1. The number of aromatic nitrogens is 2. The van der Waals surface area contributed by atoms with Crippen LogP contribution in [-0.2, 0) is 0 Å². The zero-order valence-electron chi connectivity index (χ0n) is 16.8. The van der Waals surface area contributed by atoms with Gasteiger partial charge in [0.1, 0.15) is 11.9 Å². The van der Waals surface area contributed by atoms with Crippen molar-refractivity contribution in [2.75, 3.05) is 38.7 Å². The van der Waals surface area contributed by atoms with Crippen molar-refractivity contribution in [3.63, 3.8) is 0 Å². The number of benzene rings is 1. The Balaban J connectivity index is 1.54. The van der Waals surface area contributed by atoms with Gasteiger partial charge in [0.25, 0.3) is 5.91 Å². The standard InChI is InChI=1S/C21H28N4O3/c1-4-5-12-27-17-8-6-16(7-9-17)21(26)25-11-10-18(15-25)28-20-14-22-13-19(23-20)24(2)3/h6-9,13-14,18H,4-5,10-12,15H2,1-3H3. The zero-order chi connectivity index (χ0) is 19.9. The van der Waals surface area contributed by atoms with Gasteiger partial charge >= 0.3 is 0 Å². The summed E-state index contributed by atoms with van der Waals surface area (Å²) in [6, 6.07) is 7.36. The first-order valence-electron chi connectivity index (χ1n) is 9.75. The number of anilines is 1. The Hall–Kier alpha value is -2.83. The van der Waals surface area contributed by atoms with E-state index in [0.717, 1.165) is 30.8 Å². The van der Waals surface area contributed by atoms with Gasteiger partial charge in [-0.2, -0.15) is 4.98 Å². The molecular weight excluding hydrogens is 356 g/mol. The minimum absolute atomic E-state index is 0.0133. The Morgan fingerprint density at radius 1 is 1.25 bits per heavy atom. The number of rotatable bonds is 8. The average molecular weight is 384 g/mol. The van der Waals surface area contributed by atoms with Gasteiger partial charge in [-0.3, -0.25) is 9.78 Å². The molecule has 1 aromatic heterocycles. The molecule has 1 saturated heterocycles. The smallest absolute Gasteiger partial charge is 0.253 e. The van der Waals surface area contributed by atoms with E-state index < -0.39 is 0 Å². The lowest BCUT2D eigenvalue weighted by molar-refractivity contribution is 0.0771. The minimum atomic E-state index is -0.0766. The highest BCUT2D eigenvalue weighted by atomic mass is 16.5. The van der Waals surface area contributed by atoms with Crippen molar-refractivity contribution in [1.82, 2.24) is 14.9 Å². The molecule has 0 bridgehead atoms. The molecule has 0 N–H and O–H groups in total. The van der Waals surface area contributed by atoms with E-state index in [4.69, 9.17) is 9.47 Å². The molecule has 7 heteroatoms. The van der Waals surface area contributed by atoms with Crippen LogP contribution < -0.4 is 14.4 Å². The molecule has 1 aromatic carbocycles. The van der Waals surface area contributed by atoms with Crippen LogP contribution in [0, 0.1) is 0 Å². The second-order valence-corrected chi connectivity index (χ2v) is 7.12. The summed E-state index contributed by atoms with van der Waals surface area (Å²) in [6.07, 6.45) is 6.11. The van der Waals surface area contributed by atoms with Crippen molar-refractivity contribution >= 4 is 11.7 Å². The van der Waals surface area contributed by atoms with Crippen molar-refractivity contribution in [3.05, 3.63) is 42.2 Å². The van der Waals surface area contributed by atoms with Gasteiger partial charge in [0.2, 0.25) is 5.88 Å². The molecule has 1 aliphatic heterocycles. The van der Waals surface area contributed by atoms with Crippen molar-refractivity contribution in [1.29, 1.82) is 0 Å². The molecule has 1 unspecified atom stereocenters. The van der Waals surface area contributed by atoms with Gasteiger partial charge in [0.15, 0.2) is 5.82 Å². The second-order valence-electron chi connectivity index (χ2n) is 7.12. The number of hydrogen-bond donors (Lipinski definition) is 0. The molecule has 0 radical (unpaired) electrons. The largest absolute Gasteiger partial charge is 0.494 e. The molecule has 7 nitrogen and oxygen atoms in total. The van der Waals surface area contributed by atoms with Crippen LogP contribution in [0.4, 0.5) is 5.82 Å². The number of nitrogens with zero attached hydrogens (tertiary/aromatic N) is 4. The highest BCUT2D eigenvalue weighted by Gasteiger charge is 2.28. The number of carbonyl (C=O) groups is 1. The third-order valence-corrected chi connectivity index (χ3v) is 4.65. The van der Waals surface area contributed by atoms with Gasteiger partial charge in [-0.15, -0.1) is 0 Å². The van der Waals surface area contributed by atoms with Crippen molar-refractivity contribution < 1.29 is 14.3 Å². The lowest BCUT2D eigenvalue weighted by Crippen LogP contribution is -2.31. The van der Waals surface area contributed by atoms with Crippen LogP contribution >= 0.6 is 0 Å². The van der Waals surface area contributed by atoms with Crippen LogP contribution in [-0.4, -0.2) is 60.7 Å². The molecule has 28 heavy (non-hydrogen) atoms. The third-order valence-electron chi connectivity index (χ3n) is 4.65. The second kappa shape index (κ2) is 9.39. The van der Waals surface area contributed by atoms with Crippen LogP contribution in [0.15, 0.2) is 36.7 Å². The Labute approximate surface area is 166 Å². The number of carbonyl (C=O) groups excluding carboxylic acids is 1. The van der Waals surface area contributed by atoms with Crippen molar-refractivity contribution in [2.45, 2.75) is 32.3 Å². The maximum Gasteiger partial charge on any atom is 0.253 e. The van der Waals surface area contributed by atoms with E-state index in [9.17, 15) is 4.79 Å². The zero-order valence-corrected chi connectivity index (χ0v) is 16.8. The van der Waals surface area contributed by atoms with E-state index in [2.05, 4.69) is 16.9 Å². The molecule has 1 amide bonds. The summed E-state index contributed by atoms with van der Waals surface area (Å²) in [5.41, 5.74) is 0.665. The van der Waals surface area contributed by atoms with Gasteiger partial charge in [0, 0.05) is 32.6 Å². The fraction of sp³-hybridized carbons (Fsp3) is 0.476. The predicted molar refractivity (Wildman–Crippen MR) is 108 cm³/mol. The van der Waals surface area contributed by atoms with Gasteiger partial charge in [-0.1, -0.05) is 13.3 Å². The average Bonchev–Trinajstić information content (AvgIpc) is 3.17. The van der Waals surface area contributed by atoms with E-state index in [1.54, 1.807) is 12.4 Å². The molecule has 2 aromatic rings. The van der Waals surface area contributed by atoms with Crippen molar-refractivity contribution in [2.24, 2.45) is 0 Å². The van der Waals surface area contributed by atoms with Gasteiger partial charge in [-0.25, -0.2) is 0 Å². The molecule has 3 rings (SSSR count). The summed E-state index contributed by atoms with van der Waals surface area (Å²) in [6.45, 7) is 4.04. The van der Waals surface area contributed by atoms with E-state index >= 15 is 0 Å². The molecule has 0 spiro atoms. The van der Waals surface area contributed by atoms with E-state index in [-0.39, 0.29) is 12.0 Å². The maximum atomic E-state index is 12.8. The fourth-order valence-electron chi connectivity index (χ4n) is 3.00. The van der Waals surface area contributed by atoms with E-state index in [0.29, 0.717) is 31.1 Å². The lowest BCUT2D eigenvalue weighted by Gasteiger charge is -2.18. The Bertz CT molecular complexity index is 779. The molecule has 150 valence electrons. The van der Waals surface area contributed by atoms with E-state index in [1.165, 1.54) is 0 Å². The highest BCUT2D eigenvalue weighted by Crippen LogP contribution is 2.21. The van der Waals surface area contributed by atoms with Crippen LogP contribution in [0.2, 0.25) is 0 Å². The Morgan fingerprint density at radius 3 is 2.75 bits per heavy atom. The van der Waals surface area contributed by atoms with Crippen LogP contribution in [0.25, 0.3) is 0 Å². The van der Waals surface area contributed by atoms with E-state index in [1.807, 2.05) is 48.2 Å².